The van der Waals surface area contributed by atoms with Crippen LogP contribution in [-0.2, 0) is 4.79 Å². The molecular formula is C11H21N3O2. The molecule has 1 amide bonds. The van der Waals surface area contributed by atoms with Gasteiger partial charge in [-0.15, -0.1) is 0 Å². The second-order valence-corrected chi connectivity index (χ2v) is 4.77. The zero-order chi connectivity index (χ0) is 12.3. The maximum absolute atomic E-state index is 12.1. The van der Waals surface area contributed by atoms with E-state index in [9.17, 15) is 4.79 Å². The molecule has 0 spiro atoms. The van der Waals surface area contributed by atoms with Crippen LogP contribution in [0.1, 0.15) is 33.6 Å². The van der Waals surface area contributed by atoms with Gasteiger partial charge in [0.15, 0.2) is 5.84 Å². The first-order valence-electron chi connectivity index (χ1n) is 5.75. The lowest BCUT2D eigenvalue weighted by molar-refractivity contribution is -0.135. The molecule has 1 atom stereocenters. The molecule has 5 nitrogen and oxygen atoms in total. The fourth-order valence-electron chi connectivity index (χ4n) is 1.60. The van der Waals surface area contributed by atoms with Gasteiger partial charge in [0, 0.05) is 12.6 Å². The summed E-state index contributed by atoms with van der Waals surface area (Å²) in [5.41, 5.74) is 5.45. The number of hydrogen-bond acceptors (Lipinski definition) is 3. The van der Waals surface area contributed by atoms with Crippen molar-refractivity contribution in [2.24, 2.45) is 22.7 Å². The van der Waals surface area contributed by atoms with Crippen molar-refractivity contribution >= 4 is 11.7 Å². The summed E-state index contributed by atoms with van der Waals surface area (Å²) in [5.74, 6) is 0.0145. The Morgan fingerprint density at radius 3 is 2.44 bits per heavy atom. The van der Waals surface area contributed by atoms with Gasteiger partial charge in [-0.2, -0.15) is 0 Å². The Labute approximate surface area is 96.3 Å². The van der Waals surface area contributed by atoms with Gasteiger partial charge in [-0.1, -0.05) is 5.16 Å². The van der Waals surface area contributed by atoms with Gasteiger partial charge in [0.05, 0.1) is 5.92 Å². The molecule has 1 fully saturated rings. The second kappa shape index (κ2) is 5.18. The third kappa shape index (κ3) is 3.12. The van der Waals surface area contributed by atoms with Gasteiger partial charge in [0.25, 0.3) is 0 Å². The van der Waals surface area contributed by atoms with Crippen molar-refractivity contribution in [1.82, 2.24) is 4.90 Å². The Balaban J connectivity index is 2.65. The summed E-state index contributed by atoms with van der Waals surface area (Å²) in [7, 11) is 0. The maximum atomic E-state index is 12.1. The number of amides is 1. The van der Waals surface area contributed by atoms with Gasteiger partial charge < -0.3 is 15.8 Å². The van der Waals surface area contributed by atoms with Crippen LogP contribution in [0.3, 0.4) is 0 Å². The highest BCUT2D eigenvalue weighted by Gasteiger charge is 2.31. The zero-order valence-corrected chi connectivity index (χ0v) is 10.2. The number of carbonyl (C=O) groups excluding carboxylic acids is 1. The first-order chi connectivity index (χ1) is 7.47. The first kappa shape index (κ1) is 12.8. The van der Waals surface area contributed by atoms with E-state index in [1.165, 1.54) is 12.8 Å². The van der Waals surface area contributed by atoms with E-state index in [4.69, 9.17) is 10.9 Å². The van der Waals surface area contributed by atoms with Crippen LogP contribution in [0.5, 0.6) is 0 Å². The first-order valence-corrected chi connectivity index (χ1v) is 5.75. The van der Waals surface area contributed by atoms with Crippen LogP contribution >= 0.6 is 0 Å². The highest BCUT2D eigenvalue weighted by molar-refractivity contribution is 6.01. The molecule has 0 heterocycles. The molecule has 3 N–H and O–H groups in total. The molecule has 1 aliphatic rings. The summed E-state index contributed by atoms with van der Waals surface area (Å²) in [6, 6.07) is 0.155. The summed E-state index contributed by atoms with van der Waals surface area (Å²) in [6.07, 6.45) is 2.41. The van der Waals surface area contributed by atoms with Gasteiger partial charge in [0.2, 0.25) is 5.91 Å². The molecule has 0 aromatic heterocycles. The molecule has 1 unspecified atom stereocenters. The van der Waals surface area contributed by atoms with E-state index in [0.717, 1.165) is 6.54 Å². The van der Waals surface area contributed by atoms with Crippen molar-refractivity contribution in [3.05, 3.63) is 0 Å². The van der Waals surface area contributed by atoms with Crippen LogP contribution in [0.4, 0.5) is 0 Å². The SMILES string of the molecule is CC(C(=O)N(CC1CC1)C(C)C)C(N)=NO. The Morgan fingerprint density at radius 2 is 2.06 bits per heavy atom. The van der Waals surface area contributed by atoms with Gasteiger partial charge in [0.1, 0.15) is 0 Å². The summed E-state index contributed by atoms with van der Waals surface area (Å²) in [5, 5.41) is 11.5. The second-order valence-electron chi connectivity index (χ2n) is 4.77. The summed E-state index contributed by atoms with van der Waals surface area (Å²) < 4.78 is 0. The molecule has 0 aromatic rings. The fourth-order valence-corrected chi connectivity index (χ4v) is 1.60. The Kier molecular flexibility index (Phi) is 4.15. The van der Waals surface area contributed by atoms with Gasteiger partial charge in [-0.3, -0.25) is 4.79 Å². The molecule has 0 saturated heterocycles. The minimum absolute atomic E-state index is 0.0218. The van der Waals surface area contributed by atoms with E-state index in [-0.39, 0.29) is 17.8 Å². The lowest BCUT2D eigenvalue weighted by atomic mass is 10.1. The largest absolute Gasteiger partial charge is 0.409 e. The number of nitrogens with two attached hydrogens (primary N) is 1. The van der Waals surface area contributed by atoms with Crippen LogP contribution in [0.25, 0.3) is 0 Å². The summed E-state index contributed by atoms with van der Waals surface area (Å²) in [6.45, 7) is 6.43. The van der Waals surface area contributed by atoms with E-state index < -0.39 is 5.92 Å². The van der Waals surface area contributed by atoms with Gasteiger partial charge in [-0.25, -0.2) is 0 Å². The van der Waals surface area contributed by atoms with Crippen molar-refractivity contribution < 1.29 is 10.0 Å². The summed E-state index contributed by atoms with van der Waals surface area (Å²) >= 11 is 0. The van der Waals surface area contributed by atoms with E-state index in [0.29, 0.717) is 5.92 Å². The molecule has 0 aliphatic heterocycles. The monoisotopic (exact) mass is 227 g/mol. The number of carbonyl (C=O) groups is 1. The lowest BCUT2D eigenvalue weighted by Gasteiger charge is -2.29. The molecule has 1 aliphatic carbocycles. The molecule has 1 rings (SSSR count). The topological polar surface area (TPSA) is 78.9 Å². The average Bonchev–Trinajstić information content (AvgIpc) is 3.06. The predicted octanol–water partition coefficient (Wildman–Crippen LogP) is 1.02. The molecule has 0 aromatic carbocycles. The number of rotatable bonds is 5. The van der Waals surface area contributed by atoms with Gasteiger partial charge in [-0.05, 0) is 39.5 Å². The number of hydrogen-bond donors (Lipinski definition) is 2. The van der Waals surface area contributed by atoms with Crippen LogP contribution < -0.4 is 5.73 Å². The molecule has 1 saturated carbocycles. The van der Waals surface area contributed by atoms with Crippen LogP contribution in [0.15, 0.2) is 5.16 Å². The number of oxime groups is 1. The summed E-state index contributed by atoms with van der Waals surface area (Å²) in [4.78, 5) is 13.9. The molecule has 0 bridgehead atoms. The molecule has 0 radical (unpaired) electrons. The van der Waals surface area contributed by atoms with Crippen LogP contribution in [0, 0.1) is 11.8 Å². The van der Waals surface area contributed by atoms with E-state index in [1.54, 1.807) is 6.92 Å². The fraction of sp³-hybridized carbons (Fsp3) is 0.818. The minimum atomic E-state index is -0.550. The highest BCUT2D eigenvalue weighted by atomic mass is 16.4. The molecule has 16 heavy (non-hydrogen) atoms. The average molecular weight is 227 g/mol. The van der Waals surface area contributed by atoms with Crippen molar-refractivity contribution in [3.8, 4) is 0 Å². The van der Waals surface area contributed by atoms with Crippen molar-refractivity contribution in [1.29, 1.82) is 0 Å². The highest BCUT2D eigenvalue weighted by Crippen LogP contribution is 2.30. The third-order valence-corrected chi connectivity index (χ3v) is 2.99. The number of amidine groups is 1. The maximum Gasteiger partial charge on any atom is 0.233 e. The standard InChI is InChI=1S/C11H21N3O2/c1-7(2)14(6-9-4-5-9)11(15)8(3)10(12)13-16/h7-9,16H,4-6H2,1-3H3,(H2,12,13). The smallest absolute Gasteiger partial charge is 0.233 e. The molecule has 92 valence electrons. The Bertz CT molecular complexity index is 285. The molecule has 5 heteroatoms. The zero-order valence-electron chi connectivity index (χ0n) is 10.2. The predicted molar refractivity (Wildman–Crippen MR) is 62.1 cm³/mol. The Morgan fingerprint density at radius 1 is 1.50 bits per heavy atom. The van der Waals surface area contributed by atoms with E-state index in [1.807, 2.05) is 18.7 Å². The normalized spacial score (nSPS) is 18.6. The van der Waals surface area contributed by atoms with E-state index >= 15 is 0 Å². The van der Waals surface area contributed by atoms with Crippen molar-refractivity contribution in [2.75, 3.05) is 6.54 Å². The third-order valence-electron chi connectivity index (χ3n) is 2.99. The Hall–Kier alpha value is -1.26. The quantitative estimate of drug-likeness (QED) is 0.318. The minimum Gasteiger partial charge on any atom is -0.409 e. The van der Waals surface area contributed by atoms with Crippen molar-refractivity contribution in [3.63, 3.8) is 0 Å². The number of nitrogens with zero attached hydrogens (tertiary/aromatic N) is 2. The van der Waals surface area contributed by atoms with E-state index in [2.05, 4.69) is 5.16 Å². The van der Waals surface area contributed by atoms with Crippen LogP contribution in [0.2, 0.25) is 0 Å². The lowest BCUT2D eigenvalue weighted by Crippen LogP contribution is -2.45. The van der Waals surface area contributed by atoms with Crippen LogP contribution in [-0.4, -0.2) is 34.4 Å². The molecular weight excluding hydrogens is 206 g/mol. The van der Waals surface area contributed by atoms with Crippen molar-refractivity contribution in [2.45, 2.75) is 39.7 Å². The van der Waals surface area contributed by atoms with Gasteiger partial charge >= 0.3 is 0 Å².